The van der Waals surface area contributed by atoms with Crippen molar-refractivity contribution in [2.75, 3.05) is 7.11 Å². The van der Waals surface area contributed by atoms with Crippen LogP contribution in [0.4, 0.5) is 0 Å². The second-order valence-electron chi connectivity index (χ2n) is 4.53. The summed E-state index contributed by atoms with van der Waals surface area (Å²) in [4.78, 5) is 15.9. The fourth-order valence-electron chi connectivity index (χ4n) is 1.80. The van der Waals surface area contributed by atoms with Crippen molar-refractivity contribution in [2.45, 2.75) is 32.9 Å². The highest BCUT2D eigenvalue weighted by Gasteiger charge is 2.25. The number of carbonyl (C=O) groups excluding carboxylic acids is 1. The fourth-order valence-corrected chi connectivity index (χ4v) is 1.80. The molecule has 1 N–H and O–H groups in total. The van der Waals surface area contributed by atoms with Crippen LogP contribution >= 0.6 is 0 Å². The Balaban J connectivity index is 2.74. The Bertz CT molecular complexity index is 374. The van der Waals surface area contributed by atoms with Crippen LogP contribution in [0.15, 0.2) is 12.4 Å². The molecule has 1 aromatic rings. The topological polar surface area (TPSA) is 56.1 Å². The monoisotopic (exact) mass is 239 g/mol. The Morgan fingerprint density at radius 1 is 1.47 bits per heavy atom. The molecule has 96 valence electrons. The molecule has 5 nitrogen and oxygen atoms in total. The van der Waals surface area contributed by atoms with E-state index in [0.717, 1.165) is 5.82 Å². The summed E-state index contributed by atoms with van der Waals surface area (Å²) in [6.45, 7) is 5.96. The number of rotatable bonds is 5. The normalized spacial score (nSPS) is 14.7. The van der Waals surface area contributed by atoms with E-state index >= 15 is 0 Å². The molecule has 0 radical (unpaired) electrons. The van der Waals surface area contributed by atoms with Crippen LogP contribution in [-0.2, 0) is 16.6 Å². The number of ether oxygens (including phenoxy) is 1. The highest BCUT2D eigenvalue weighted by molar-refractivity contribution is 5.75. The number of carbonyl (C=O) groups is 1. The highest BCUT2D eigenvalue weighted by Crippen LogP contribution is 2.13. The minimum atomic E-state index is -0.313. The standard InChI is InChI=1S/C12H21N3O2/c1-8(2)10(12(16)17-5)14-9(3)11-13-6-7-15(11)4/h6-10,14H,1-5H3/t9?,10-/m0/s1. The molecule has 0 amide bonds. The predicted molar refractivity (Wildman–Crippen MR) is 65.4 cm³/mol. The summed E-state index contributed by atoms with van der Waals surface area (Å²) in [5, 5.41) is 3.25. The molecule has 5 heteroatoms. The molecule has 0 aliphatic heterocycles. The van der Waals surface area contributed by atoms with Gasteiger partial charge in [-0.25, -0.2) is 4.98 Å². The average molecular weight is 239 g/mol. The zero-order valence-electron chi connectivity index (χ0n) is 11.1. The van der Waals surface area contributed by atoms with Crippen molar-refractivity contribution in [3.8, 4) is 0 Å². The molecule has 0 fully saturated rings. The lowest BCUT2D eigenvalue weighted by Crippen LogP contribution is -2.43. The Kier molecular flexibility index (Phi) is 4.69. The van der Waals surface area contributed by atoms with Gasteiger partial charge in [-0.3, -0.25) is 10.1 Å². The summed E-state index contributed by atoms with van der Waals surface area (Å²) in [5.74, 6) is 0.839. The van der Waals surface area contributed by atoms with Crippen LogP contribution in [0.25, 0.3) is 0 Å². The Hall–Kier alpha value is -1.36. The molecular formula is C12H21N3O2. The third-order valence-electron chi connectivity index (χ3n) is 2.80. The van der Waals surface area contributed by atoms with Gasteiger partial charge >= 0.3 is 5.97 Å². The lowest BCUT2D eigenvalue weighted by atomic mass is 10.0. The second-order valence-corrected chi connectivity index (χ2v) is 4.53. The van der Waals surface area contributed by atoms with Gasteiger partial charge < -0.3 is 9.30 Å². The molecule has 17 heavy (non-hydrogen) atoms. The number of hydrogen-bond donors (Lipinski definition) is 1. The first-order valence-electron chi connectivity index (χ1n) is 5.78. The summed E-state index contributed by atoms with van der Waals surface area (Å²) in [7, 11) is 3.34. The van der Waals surface area contributed by atoms with Crippen molar-refractivity contribution in [2.24, 2.45) is 13.0 Å². The molecule has 1 rings (SSSR count). The largest absolute Gasteiger partial charge is 0.468 e. The van der Waals surface area contributed by atoms with Gasteiger partial charge in [0.25, 0.3) is 0 Å². The minimum Gasteiger partial charge on any atom is -0.468 e. The van der Waals surface area contributed by atoms with Crippen LogP contribution in [0.5, 0.6) is 0 Å². The quantitative estimate of drug-likeness (QED) is 0.786. The molecule has 0 aliphatic rings. The van der Waals surface area contributed by atoms with Crippen molar-refractivity contribution < 1.29 is 9.53 Å². The summed E-state index contributed by atoms with van der Waals surface area (Å²) in [6, 6.07) is -0.312. The summed E-state index contributed by atoms with van der Waals surface area (Å²) < 4.78 is 6.73. The molecule has 0 bridgehead atoms. The van der Waals surface area contributed by atoms with Crippen LogP contribution in [0, 0.1) is 5.92 Å². The summed E-state index contributed by atoms with van der Waals surface area (Å²) >= 11 is 0. The minimum absolute atomic E-state index is 0.00139. The van der Waals surface area contributed by atoms with E-state index in [-0.39, 0.29) is 24.0 Å². The van der Waals surface area contributed by atoms with Crippen molar-refractivity contribution in [1.29, 1.82) is 0 Å². The maximum absolute atomic E-state index is 11.6. The number of esters is 1. The van der Waals surface area contributed by atoms with E-state index < -0.39 is 0 Å². The van der Waals surface area contributed by atoms with Crippen molar-refractivity contribution in [3.05, 3.63) is 18.2 Å². The predicted octanol–water partition coefficient (Wildman–Crippen LogP) is 1.27. The van der Waals surface area contributed by atoms with Crippen LogP contribution < -0.4 is 5.32 Å². The zero-order chi connectivity index (χ0) is 13.0. The molecule has 1 unspecified atom stereocenters. The van der Waals surface area contributed by atoms with Gasteiger partial charge in [0, 0.05) is 19.4 Å². The van der Waals surface area contributed by atoms with E-state index in [1.807, 2.05) is 38.6 Å². The maximum Gasteiger partial charge on any atom is 0.323 e. The van der Waals surface area contributed by atoms with Gasteiger partial charge in [-0.05, 0) is 12.8 Å². The number of hydrogen-bond acceptors (Lipinski definition) is 4. The zero-order valence-corrected chi connectivity index (χ0v) is 11.1. The lowest BCUT2D eigenvalue weighted by molar-refractivity contribution is -0.144. The molecule has 1 aromatic heterocycles. The van der Waals surface area contributed by atoms with E-state index in [0.29, 0.717) is 0 Å². The maximum atomic E-state index is 11.6. The summed E-state index contributed by atoms with van der Waals surface area (Å²) in [6.07, 6.45) is 3.63. The van der Waals surface area contributed by atoms with E-state index in [9.17, 15) is 4.79 Å². The molecular weight excluding hydrogens is 218 g/mol. The molecule has 0 aromatic carbocycles. The van der Waals surface area contributed by atoms with E-state index in [2.05, 4.69) is 10.3 Å². The van der Waals surface area contributed by atoms with Gasteiger partial charge in [0.05, 0.1) is 13.2 Å². The number of nitrogens with zero attached hydrogens (tertiary/aromatic N) is 2. The fraction of sp³-hybridized carbons (Fsp3) is 0.667. The van der Waals surface area contributed by atoms with E-state index in [1.54, 1.807) is 6.20 Å². The van der Waals surface area contributed by atoms with Crippen molar-refractivity contribution in [3.63, 3.8) is 0 Å². The van der Waals surface area contributed by atoms with Gasteiger partial charge in [-0.2, -0.15) is 0 Å². The van der Waals surface area contributed by atoms with Gasteiger partial charge in [0.15, 0.2) is 0 Å². The molecule has 0 aliphatic carbocycles. The van der Waals surface area contributed by atoms with Crippen LogP contribution in [0.1, 0.15) is 32.6 Å². The van der Waals surface area contributed by atoms with E-state index in [1.165, 1.54) is 7.11 Å². The van der Waals surface area contributed by atoms with Crippen LogP contribution in [0.2, 0.25) is 0 Å². The van der Waals surface area contributed by atoms with Crippen molar-refractivity contribution in [1.82, 2.24) is 14.9 Å². The number of aryl methyl sites for hydroxylation is 1. The SMILES string of the molecule is COC(=O)[C@@H](NC(C)c1nccn1C)C(C)C. The van der Waals surface area contributed by atoms with Crippen molar-refractivity contribution >= 4 is 5.97 Å². The Morgan fingerprint density at radius 2 is 2.12 bits per heavy atom. The van der Waals surface area contributed by atoms with Crippen LogP contribution in [-0.4, -0.2) is 28.7 Å². The third-order valence-corrected chi connectivity index (χ3v) is 2.80. The average Bonchev–Trinajstić information content (AvgIpc) is 2.70. The Morgan fingerprint density at radius 3 is 2.53 bits per heavy atom. The third kappa shape index (κ3) is 3.30. The second kappa shape index (κ2) is 5.82. The Labute approximate surface area is 102 Å². The smallest absolute Gasteiger partial charge is 0.323 e. The van der Waals surface area contributed by atoms with Gasteiger partial charge in [0.2, 0.25) is 0 Å². The number of methoxy groups -OCH3 is 1. The number of aromatic nitrogens is 2. The number of nitrogens with one attached hydrogen (secondary N) is 1. The first-order valence-corrected chi connectivity index (χ1v) is 5.78. The molecule has 0 spiro atoms. The van der Waals surface area contributed by atoms with Crippen LogP contribution in [0.3, 0.4) is 0 Å². The summed E-state index contributed by atoms with van der Waals surface area (Å²) in [5.41, 5.74) is 0. The van der Waals surface area contributed by atoms with Gasteiger partial charge in [-0.15, -0.1) is 0 Å². The first-order chi connectivity index (χ1) is 7.97. The van der Waals surface area contributed by atoms with E-state index in [4.69, 9.17) is 4.74 Å². The number of imidazole rings is 1. The molecule has 2 atom stereocenters. The molecule has 1 heterocycles. The molecule has 0 saturated heterocycles. The molecule has 0 saturated carbocycles. The lowest BCUT2D eigenvalue weighted by Gasteiger charge is -2.24. The first kappa shape index (κ1) is 13.7. The highest BCUT2D eigenvalue weighted by atomic mass is 16.5. The van der Waals surface area contributed by atoms with Gasteiger partial charge in [0.1, 0.15) is 11.9 Å². The van der Waals surface area contributed by atoms with Gasteiger partial charge in [-0.1, -0.05) is 13.8 Å².